The highest BCUT2D eigenvalue weighted by Crippen LogP contribution is 2.37. The summed E-state index contributed by atoms with van der Waals surface area (Å²) in [5.74, 6) is 0.0265. The lowest BCUT2D eigenvalue weighted by Crippen LogP contribution is -2.33. The van der Waals surface area contributed by atoms with Gasteiger partial charge >= 0.3 is 0 Å². The average Bonchev–Trinajstić information content (AvgIpc) is 3.53. The third-order valence-corrected chi connectivity index (χ3v) is 6.01. The molecular weight excluding hydrogens is 370 g/mol. The molecule has 0 saturated heterocycles. The Morgan fingerprint density at radius 1 is 1.18 bits per heavy atom. The fourth-order valence-corrected chi connectivity index (χ4v) is 4.41. The molecule has 1 heterocycles. The first-order valence-corrected chi connectivity index (χ1v) is 10.4. The minimum Gasteiger partial charge on any atom is -0.340 e. The van der Waals surface area contributed by atoms with Crippen molar-refractivity contribution in [3.8, 4) is 0 Å². The molecule has 1 amide bonds. The van der Waals surface area contributed by atoms with Gasteiger partial charge in [0.05, 0.1) is 16.2 Å². The lowest BCUT2D eigenvalue weighted by atomic mass is 10.2. The number of aromatic nitrogens is 2. The monoisotopic (exact) mass is 393 g/mol. The van der Waals surface area contributed by atoms with Gasteiger partial charge in [0.25, 0.3) is 5.56 Å². The van der Waals surface area contributed by atoms with E-state index < -0.39 is 0 Å². The van der Waals surface area contributed by atoms with E-state index in [1.165, 1.54) is 11.8 Å². The number of amides is 1. The molecule has 5 nitrogen and oxygen atoms in total. The molecule has 0 spiro atoms. The number of hydrogen-bond donors (Lipinski definition) is 0. The van der Waals surface area contributed by atoms with Gasteiger partial charge < -0.3 is 4.90 Å². The first kappa shape index (κ1) is 18.7. The van der Waals surface area contributed by atoms with Gasteiger partial charge in [-0.05, 0) is 37.5 Å². The summed E-state index contributed by atoms with van der Waals surface area (Å²) in [6.07, 6.45) is 1.98. The first-order valence-electron chi connectivity index (χ1n) is 9.51. The summed E-state index contributed by atoms with van der Waals surface area (Å²) in [4.78, 5) is 32.3. The van der Waals surface area contributed by atoms with E-state index >= 15 is 0 Å². The first-order chi connectivity index (χ1) is 13.5. The van der Waals surface area contributed by atoms with E-state index in [0.717, 1.165) is 18.4 Å². The number of para-hydroxylation sites is 1. The summed E-state index contributed by atoms with van der Waals surface area (Å²) >= 11 is 1.38. The second kappa shape index (κ2) is 7.80. The van der Waals surface area contributed by atoms with Gasteiger partial charge in [0, 0.05) is 19.6 Å². The summed E-state index contributed by atoms with van der Waals surface area (Å²) in [5.41, 5.74) is 1.77. The third-order valence-electron chi connectivity index (χ3n) is 4.96. The summed E-state index contributed by atoms with van der Waals surface area (Å²) in [6, 6.07) is 17.6. The van der Waals surface area contributed by atoms with E-state index in [1.807, 2.05) is 68.6 Å². The van der Waals surface area contributed by atoms with E-state index in [4.69, 9.17) is 4.98 Å². The van der Waals surface area contributed by atoms with Crippen LogP contribution in [0, 0.1) is 0 Å². The number of carbonyl (C=O) groups excluding carboxylic acids is 1. The van der Waals surface area contributed by atoms with Crippen LogP contribution in [0.2, 0.25) is 0 Å². The second-order valence-electron chi connectivity index (χ2n) is 7.26. The molecule has 0 radical (unpaired) electrons. The lowest BCUT2D eigenvalue weighted by Gasteiger charge is -2.22. The molecule has 0 aliphatic heterocycles. The Balaban J connectivity index is 1.58. The van der Waals surface area contributed by atoms with Crippen LogP contribution in [0.3, 0.4) is 0 Å². The van der Waals surface area contributed by atoms with E-state index in [2.05, 4.69) is 0 Å². The van der Waals surface area contributed by atoms with Crippen LogP contribution >= 0.6 is 11.8 Å². The van der Waals surface area contributed by atoms with Crippen LogP contribution in [-0.4, -0.2) is 32.7 Å². The van der Waals surface area contributed by atoms with Crippen molar-refractivity contribution >= 4 is 28.6 Å². The highest BCUT2D eigenvalue weighted by molar-refractivity contribution is 8.00. The topological polar surface area (TPSA) is 55.2 Å². The van der Waals surface area contributed by atoms with Crippen molar-refractivity contribution in [3.63, 3.8) is 0 Å². The van der Waals surface area contributed by atoms with Crippen LogP contribution in [0.15, 0.2) is 64.5 Å². The molecule has 3 aromatic rings. The number of rotatable bonds is 6. The zero-order valence-electron chi connectivity index (χ0n) is 16.0. The highest BCUT2D eigenvalue weighted by Gasteiger charge is 2.30. The van der Waals surface area contributed by atoms with Crippen LogP contribution in [-0.2, 0) is 11.3 Å². The maximum Gasteiger partial charge on any atom is 0.262 e. The van der Waals surface area contributed by atoms with Crippen molar-refractivity contribution in [2.45, 2.75) is 42.8 Å². The van der Waals surface area contributed by atoms with Crippen molar-refractivity contribution in [2.24, 2.45) is 0 Å². The largest absolute Gasteiger partial charge is 0.340 e. The lowest BCUT2D eigenvalue weighted by molar-refractivity contribution is -0.129. The fraction of sp³-hybridized carbons (Fsp3) is 0.318. The highest BCUT2D eigenvalue weighted by atomic mass is 32.2. The molecule has 0 bridgehead atoms. The molecule has 1 fully saturated rings. The fourth-order valence-electron chi connectivity index (χ4n) is 3.32. The number of carbonyl (C=O) groups is 1. The Morgan fingerprint density at radius 2 is 1.86 bits per heavy atom. The number of benzene rings is 2. The van der Waals surface area contributed by atoms with Crippen molar-refractivity contribution in [1.82, 2.24) is 14.5 Å². The minimum absolute atomic E-state index is 0.00658. The van der Waals surface area contributed by atoms with Crippen LogP contribution in [0.4, 0.5) is 0 Å². The zero-order chi connectivity index (χ0) is 19.7. The predicted octanol–water partition coefficient (Wildman–Crippen LogP) is 3.87. The molecule has 1 aliphatic rings. The van der Waals surface area contributed by atoms with Crippen molar-refractivity contribution in [1.29, 1.82) is 0 Å². The van der Waals surface area contributed by atoms with E-state index in [9.17, 15) is 9.59 Å². The Bertz CT molecular complexity index is 1060. The molecule has 1 unspecified atom stereocenters. The molecule has 1 aliphatic carbocycles. The molecule has 1 aromatic heterocycles. The van der Waals surface area contributed by atoms with Crippen molar-refractivity contribution in [3.05, 3.63) is 70.5 Å². The van der Waals surface area contributed by atoms with Gasteiger partial charge in [0.15, 0.2) is 5.16 Å². The molecule has 1 atom stereocenters. The average molecular weight is 394 g/mol. The summed E-state index contributed by atoms with van der Waals surface area (Å²) in [5, 5.41) is 0.950. The summed E-state index contributed by atoms with van der Waals surface area (Å²) < 4.78 is 1.79. The third kappa shape index (κ3) is 3.83. The minimum atomic E-state index is -0.327. The van der Waals surface area contributed by atoms with Gasteiger partial charge in [-0.2, -0.15) is 0 Å². The smallest absolute Gasteiger partial charge is 0.262 e. The van der Waals surface area contributed by atoms with Gasteiger partial charge in [0.2, 0.25) is 5.91 Å². The molecule has 6 heteroatoms. The van der Waals surface area contributed by atoms with Crippen LogP contribution in [0.1, 0.15) is 31.4 Å². The zero-order valence-corrected chi connectivity index (χ0v) is 16.9. The van der Waals surface area contributed by atoms with Crippen molar-refractivity contribution in [2.75, 3.05) is 7.05 Å². The molecule has 28 heavy (non-hydrogen) atoms. The predicted molar refractivity (Wildman–Crippen MR) is 113 cm³/mol. The van der Waals surface area contributed by atoms with Crippen LogP contribution in [0.25, 0.3) is 10.9 Å². The second-order valence-corrected chi connectivity index (χ2v) is 8.57. The maximum absolute atomic E-state index is 13.0. The molecule has 144 valence electrons. The molecule has 1 saturated carbocycles. The molecular formula is C22H23N3O2S. The van der Waals surface area contributed by atoms with Gasteiger partial charge in [-0.1, -0.05) is 54.2 Å². The van der Waals surface area contributed by atoms with Gasteiger partial charge in [-0.15, -0.1) is 0 Å². The van der Waals surface area contributed by atoms with E-state index in [-0.39, 0.29) is 22.8 Å². The molecule has 0 N–H and O–H groups in total. The molecule has 2 aromatic carbocycles. The number of nitrogens with zero attached hydrogens (tertiary/aromatic N) is 3. The van der Waals surface area contributed by atoms with Gasteiger partial charge in [0.1, 0.15) is 0 Å². The SMILES string of the molecule is CC(Sc1nc2ccccc2c(=O)n1C1CC1)C(=O)N(C)Cc1ccccc1. The maximum atomic E-state index is 13.0. The van der Waals surface area contributed by atoms with Crippen molar-refractivity contribution < 1.29 is 4.79 Å². The van der Waals surface area contributed by atoms with Gasteiger partial charge in [-0.3, -0.25) is 14.2 Å². The number of fused-ring (bicyclic) bond motifs is 1. The Labute approximate surface area is 168 Å². The summed E-state index contributed by atoms with van der Waals surface area (Å²) in [7, 11) is 1.81. The van der Waals surface area contributed by atoms with E-state index in [1.54, 1.807) is 9.47 Å². The van der Waals surface area contributed by atoms with Gasteiger partial charge in [-0.25, -0.2) is 4.98 Å². The Kier molecular flexibility index (Phi) is 5.22. The standard InChI is InChI=1S/C22H23N3O2S/c1-15(20(26)24(2)14-16-8-4-3-5-9-16)28-22-23-19-11-7-6-10-18(19)21(27)25(22)17-12-13-17/h3-11,15,17H,12-14H2,1-2H3. The normalized spacial score (nSPS) is 14.8. The number of hydrogen-bond acceptors (Lipinski definition) is 4. The number of thioether (sulfide) groups is 1. The molecule has 4 rings (SSSR count). The van der Waals surface area contributed by atoms with E-state index in [0.29, 0.717) is 22.6 Å². The summed E-state index contributed by atoms with van der Waals surface area (Å²) in [6.45, 7) is 2.44. The van der Waals surface area contributed by atoms with Crippen LogP contribution in [0.5, 0.6) is 0 Å². The quantitative estimate of drug-likeness (QED) is 0.471. The Hall–Kier alpha value is -2.60. The Morgan fingerprint density at radius 3 is 2.57 bits per heavy atom. The van der Waals surface area contributed by atoms with Crippen LogP contribution < -0.4 is 5.56 Å².